The Bertz CT molecular complexity index is 531. The second-order valence-electron chi connectivity index (χ2n) is 4.05. The summed E-state index contributed by atoms with van der Waals surface area (Å²) in [5.74, 6) is 0.849. The fraction of sp³-hybridized carbons (Fsp3) is 0.308. The van der Waals surface area contributed by atoms with Crippen LogP contribution in [0.5, 0.6) is 5.75 Å². The predicted octanol–water partition coefficient (Wildman–Crippen LogP) is 1.86. The zero-order chi connectivity index (χ0) is 12.4. The average molecular weight is 231 g/mol. The Morgan fingerprint density at radius 1 is 1.35 bits per heavy atom. The van der Waals surface area contributed by atoms with E-state index in [1.54, 1.807) is 7.11 Å². The third-order valence-electron chi connectivity index (χ3n) is 2.77. The van der Waals surface area contributed by atoms with Crippen LogP contribution in [0.2, 0.25) is 0 Å². The lowest BCUT2D eigenvalue weighted by Gasteiger charge is -2.09. The number of benzene rings is 1. The van der Waals surface area contributed by atoms with Gasteiger partial charge in [0.15, 0.2) is 0 Å². The Kier molecular flexibility index (Phi) is 3.15. The number of methoxy groups -OCH3 is 1. The molecule has 17 heavy (non-hydrogen) atoms. The maximum absolute atomic E-state index is 5.60. The van der Waals surface area contributed by atoms with Gasteiger partial charge in [0.2, 0.25) is 0 Å². The van der Waals surface area contributed by atoms with E-state index in [0.29, 0.717) is 6.54 Å². The van der Waals surface area contributed by atoms with Gasteiger partial charge in [0.25, 0.3) is 0 Å². The second kappa shape index (κ2) is 4.59. The Hall–Kier alpha value is -1.81. The molecule has 0 fully saturated rings. The third kappa shape index (κ3) is 2.17. The van der Waals surface area contributed by atoms with E-state index in [1.165, 1.54) is 5.56 Å². The molecule has 0 atom stereocenters. The first-order valence-corrected chi connectivity index (χ1v) is 5.53. The largest absolute Gasteiger partial charge is 0.496 e. The van der Waals surface area contributed by atoms with Crippen LogP contribution in [0.25, 0.3) is 11.3 Å². The van der Waals surface area contributed by atoms with Crippen molar-refractivity contribution in [2.45, 2.75) is 13.5 Å². The molecule has 1 aromatic heterocycles. The molecule has 0 unspecified atom stereocenters. The third-order valence-corrected chi connectivity index (χ3v) is 2.77. The van der Waals surface area contributed by atoms with Crippen LogP contribution in [0.1, 0.15) is 11.3 Å². The van der Waals surface area contributed by atoms with Gasteiger partial charge in [0.05, 0.1) is 18.5 Å². The molecule has 0 aliphatic heterocycles. The Morgan fingerprint density at radius 2 is 2.12 bits per heavy atom. The predicted molar refractivity (Wildman–Crippen MR) is 67.8 cm³/mol. The lowest BCUT2D eigenvalue weighted by atomic mass is 10.1. The van der Waals surface area contributed by atoms with Gasteiger partial charge >= 0.3 is 0 Å². The molecule has 1 heterocycles. The highest BCUT2D eigenvalue weighted by atomic mass is 16.5. The van der Waals surface area contributed by atoms with Crippen molar-refractivity contribution in [1.82, 2.24) is 9.78 Å². The van der Waals surface area contributed by atoms with E-state index < -0.39 is 0 Å². The maximum atomic E-state index is 5.60. The molecule has 4 nitrogen and oxygen atoms in total. The highest BCUT2D eigenvalue weighted by molar-refractivity contribution is 5.68. The molecule has 2 rings (SSSR count). The fourth-order valence-corrected chi connectivity index (χ4v) is 1.90. The molecular weight excluding hydrogens is 214 g/mol. The summed E-state index contributed by atoms with van der Waals surface area (Å²) >= 11 is 0. The SMILES string of the molecule is COc1ccc(C)cc1-c1cc(CN)nn1C. The van der Waals surface area contributed by atoms with Crippen LogP contribution < -0.4 is 10.5 Å². The fourth-order valence-electron chi connectivity index (χ4n) is 1.90. The first kappa shape index (κ1) is 11.7. The van der Waals surface area contributed by atoms with Gasteiger partial charge in [-0.1, -0.05) is 11.6 Å². The molecule has 0 radical (unpaired) electrons. The number of hydrogen-bond donors (Lipinski definition) is 1. The van der Waals surface area contributed by atoms with Crippen molar-refractivity contribution in [3.8, 4) is 17.0 Å². The number of aryl methyl sites for hydroxylation is 2. The zero-order valence-corrected chi connectivity index (χ0v) is 10.4. The topological polar surface area (TPSA) is 53.1 Å². The van der Waals surface area contributed by atoms with Crippen molar-refractivity contribution in [2.24, 2.45) is 12.8 Å². The van der Waals surface area contributed by atoms with Crippen molar-refractivity contribution >= 4 is 0 Å². The minimum absolute atomic E-state index is 0.446. The molecule has 0 amide bonds. The molecule has 0 aliphatic carbocycles. The molecule has 0 spiro atoms. The van der Waals surface area contributed by atoms with E-state index in [9.17, 15) is 0 Å². The van der Waals surface area contributed by atoms with E-state index in [-0.39, 0.29) is 0 Å². The molecule has 0 aliphatic rings. The summed E-state index contributed by atoms with van der Waals surface area (Å²) in [6.45, 7) is 2.51. The summed E-state index contributed by atoms with van der Waals surface area (Å²) < 4.78 is 7.21. The molecule has 2 N–H and O–H groups in total. The summed E-state index contributed by atoms with van der Waals surface area (Å²) in [6.07, 6.45) is 0. The molecule has 0 saturated carbocycles. The van der Waals surface area contributed by atoms with Crippen molar-refractivity contribution in [2.75, 3.05) is 7.11 Å². The number of rotatable bonds is 3. The summed E-state index contributed by atoms with van der Waals surface area (Å²) in [5.41, 5.74) is 9.74. The Morgan fingerprint density at radius 3 is 2.71 bits per heavy atom. The van der Waals surface area contributed by atoms with Gasteiger partial charge in [-0.3, -0.25) is 4.68 Å². The lowest BCUT2D eigenvalue weighted by Crippen LogP contribution is -1.99. The molecule has 0 bridgehead atoms. The van der Waals surface area contributed by atoms with Gasteiger partial charge in [0, 0.05) is 19.2 Å². The van der Waals surface area contributed by atoms with E-state index in [2.05, 4.69) is 18.1 Å². The smallest absolute Gasteiger partial charge is 0.128 e. The monoisotopic (exact) mass is 231 g/mol. The highest BCUT2D eigenvalue weighted by Crippen LogP contribution is 2.30. The van der Waals surface area contributed by atoms with Gasteiger partial charge in [0.1, 0.15) is 5.75 Å². The van der Waals surface area contributed by atoms with Gasteiger partial charge < -0.3 is 10.5 Å². The average Bonchev–Trinajstić information content (AvgIpc) is 2.70. The lowest BCUT2D eigenvalue weighted by molar-refractivity contribution is 0.416. The molecule has 2 aromatic rings. The summed E-state index contributed by atoms with van der Waals surface area (Å²) in [4.78, 5) is 0. The first-order valence-electron chi connectivity index (χ1n) is 5.53. The second-order valence-corrected chi connectivity index (χ2v) is 4.05. The molecular formula is C13H17N3O. The number of nitrogens with zero attached hydrogens (tertiary/aromatic N) is 2. The Balaban J connectivity index is 2.58. The van der Waals surface area contributed by atoms with Crippen molar-refractivity contribution in [3.05, 3.63) is 35.5 Å². The standard InChI is InChI=1S/C13H17N3O/c1-9-4-5-13(17-3)11(6-9)12-7-10(8-14)15-16(12)2/h4-7H,8,14H2,1-3H3. The van der Waals surface area contributed by atoms with Gasteiger partial charge in [-0.05, 0) is 25.1 Å². The van der Waals surface area contributed by atoms with Crippen LogP contribution >= 0.6 is 0 Å². The Labute approximate surface area is 101 Å². The normalized spacial score (nSPS) is 10.6. The molecule has 90 valence electrons. The van der Waals surface area contributed by atoms with E-state index in [0.717, 1.165) is 22.7 Å². The number of nitrogens with two attached hydrogens (primary N) is 1. The van der Waals surface area contributed by atoms with Crippen LogP contribution in [0.4, 0.5) is 0 Å². The van der Waals surface area contributed by atoms with E-state index in [1.807, 2.05) is 29.9 Å². The van der Waals surface area contributed by atoms with Crippen molar-refractivity contribution in [1.29, 1.82) is 0 Å². The van der Waals surface area contributed by atoms with Crippen molar-refractivity contribution < 1.29 is 4.74 Å². The highest BCUT2D eigenvalue weighted by Gasteiger charge is 2.11. The minimum Gasteiger partial charge on any atom is -0.496 e. The van der Waals surface area contributed by atoms with Gasteiger partial charge in [-0.2, -0.15) is 5.10 Å². The van der Waals surface area contributed by atoms with Crippen LogP contribution in [-0.2, 0) is 13.6 Å². The van der Waals surface area contributed by atoms with E-state index >= 15 is 0 Å². The number of hydrogen-bond acceptors (Lipinski definition) is 3. The summed E-state index contributed by atoms with van der Waals surface area (Å²) in [6, 6.07) is 8.09. The quantitative estimate of drug-likeness (QED) is 0.877. The van der Waals surface area contributed by atoms with Crippen molar-refractivity contribution in [3.63, 3.8) is 0 Å². The molecule has 0 saturated heterocycles. The summed E-state index contributed by atoms with van der Waals surface area (Å²) in [7, 11) is 3.59. The number of aromatic nitrogens is 2. The zero-order valence-electron chi connectivity index (χ0n) is 10.4. The van der Waals surface area contributed by atoms with Crippen LogP contribution in [0.15, 0.2) is 24.3 Å². The van der Waals surface area contributed by atoms with Gasteiger partial charge in [-0.15, -0.1) is 0 Å². The van der Waals surface area contributed by atoms with Crippen LogP contribution in [-0.4, -0.2) is 16.9 Å². The molecule has 4 heteroatoms. The minimum atomic E-state index is 0.446. The summed E-state index contributed by atoms with van der Waals surface area (Å²) in [5, 5.41) is 4.35. The maximum Gasteiger partial charge on any atom is 0.128 e. The first-order chi connectivity index (χ1) is 8.15. The molecule has 1 aromatic carbocycles. The van der Waals surface area contributed by atoms with Crippen LogP contribution in [0, 0.1) is 6.92 Å². The van der Waals surface area contributed by atoms with Gasteiger partial charge in [-0.25, -0.2) is 0 Å². The number of ether oxygens (including phenoxy) is 1. The van der Waals surface area contributed by atoms with Crippen LogP contribution in [0.3, 0.4) is 0 Å². The van der Waals surface area contributed by atoms with E-state index in [4.69, 9.17) is 10.5 Å².